The molecule has 1 aliphatic rings. The predicted molar refractivity (Wildman–Crippen MR) is 141 cm³/mol. The first-order valence-electron chi connectivity index (χ1n) is 12.1. The second kappa shape index (κ2) is 11.0. The molecule has 0 saturated carbocycles. The van der Waals surface area contributed by atoms with Crippen LogP contribution in [-0.2, 0) is 6.42 Å². The number of halogens is 2. The van der Waals surface area contributed by atoms with Gasteiger partial charge in [0.25, 0.3) is 0 Å². The van der Waals surface area contributed by atoms with E-state index in [1.165, 1.54) is 11.1 Å². The molecule has 1 atom stereocenters. The highest BCUT2D eigenvalue weighted by molar-refractivity contribution is 6.33. The van der Waals surface area contributed by atoms with Crippen molar-refractivity contribution in [1.82, 2.24) is 0 Å². The Kier molecular flexibility index (Phi) is 7.83. The van der Waals surface area contributed by atoms with Gasteiger partial charge in [-0.15, -0.1) is 0 Å². The van der Waals surface area contributed by atoms with Crippen molar-refractivity contribution in [3.05, 3.63) is 101 Å². The summed E-state index contributed by atoms with van der Waals surface area (Å²) in [4.78, 5) is 0. The molecule has 0 amide bonds. The highest BCUT2D eigenvalue weighted by atomic mass is 35.5. The van der Waals surface area contributed by atoms with E-state index >= 15 is 4.39 Å². The minimum Gasteiger partial charge on any atom is -0.205 e. The lowest BCUT2D eigenvalue weighted by molar-refractivity contribution is 0.583. The van der Waals surface area contributed by atoms with Crippen molar-refractivity contribution in [3.63, 3.8) is 0 Å². The van der Waals surface area contributed by atoms with Gasteiger partial charge in [0, 0.05) is 11.1 Å². The zero-order chi connectivity index (χ0) is 23.2. The van der Waals surface area contributed by atoms with E-state index in [0.29, 0.717) is 11.5 Å². The first-order valence-corrected chi connectivity index (χ1v) is 12.5. The molecule has 170 valence electrons. The number of rotatable bonds is 7. The molecule has 0 aliphatic heterocycles. The van der Waals surface area contributed by atoms with Crippen molar-refractivity contribution in [2.24, 2.45) is 5.92 Å². The van der Waals surface area contributed by atoms with E-state index in [2.05, 4.69) is 68.5 Å². The Bertz CT molecular complexity index is 1140. The lowest BCUT2D eigenvalue weighted by atomic mass is 9.85. The molecule has 4 rings (SSSR count). The minimum atomic E-state index is -0.307. The van der Waals surface area contributed by atoms with Crippen LogP contribution in [-0.4, -0.2) is 0 Å². The molecule has 3 aromatic carbocycles. The maximum atomic E-state index is 15.3. The Morgan fingerprint density at radius 2 is 1.52 bits per heavy atom. The Labute approximate surface area is 202 Å². The van der Waals surface area contributed by atoms with Crippen LogP contribution in [0.3, 0.4) is 0 Å². The van der Waals surface area contributed by atoms with Gasteiger partial charge in [0.05, 0.1) is 5.02 Å². The van der Waals surface area contributed by atoms with E-state index in [9.17, 15) is 0 Å². The highest BCUT2D eigenvalue weighted by Crippen LogP contribution is 2.38. The molecule has 2 heteroatoms. The molecule has 0 spiro atoms. The van der Waals surface area contributed by atoms with E-state index in [1.54, 1.807) is 0 Å². The molecule has 0 bridgehead atoms. The summed E-state index contributed by atoms with van der Waals surface area (Å²) in [5, 5.41) is 0.207. The highest BCUT2D eigenvalue weighted by Gasteiger charge is 2.19. The Morgan fingerprint density at radius 3 is 2.12 bits per heavy atom. The molecule has 0 radical (unpaired) electrons. The summed E-state index contributed by atoms with van der Waals surface area (Å²) in [5.41, 5.74) is 7.08. The molecule has 3 aromatic rings. The van der Waals surface area contributed by atoms with Crippen molar-refractivity contribution in [3.8, 4) is 22.3 Å². The molecular formula is C31H32ClF. The maximum Gasteiger partial charge on any atom is 0.149 e. The Balaban J connectivity index is 1.53. The standard InChI is InChI=1S/C31H32ClF/c1-3-5-7-23-10-14-27(15-11-23)29-21-20-28(30(32)31(29)33)26-18-16-25(17-19-26)24-12-8-22(6-4-2)9-13-24/h5,7-9,12-14,16-21,23H,3-4,6,10-11,15H2,1-2H3. The second-order valence-corrected chi connectivity index (χ2v) is 9.29. The fourth-order valence-electron chi connectivity index (χ4n) is 4.62. The molecule has 0 saturated heterocycles. The summed E-state index contributed by atoms with van der Waals surface area (Å²) in [5.74, 6) is 0.256. The topological polar surface area (TPSA) is 0 Å². The molecule has 0 aromatic heterocycles. The molecular weight excluding hydrogens is 427 g/mol. The van der Waals surface area contributed by atoms with Gasteiger partial charge in [0.1, 0.15) is 5.82 Å². The third kappa shape index (κ3) is 5.47. The molecule has 0 fully saturated rings. The monoisotopic (exact) mass is 458 g/mol. The van der Waals surface area contributed by atoms with Gasteiger partial charge in [0.15, 0.2) is 0 Å². The number of aryl methyl sites for hydroxylation is 1. The number of benzene rings is 3. The van der Waals surface area contributed by atoms with Gasteiger partial charge in [-0.3, -0.25) is 0 Å². The Hall–Kier alpha value is -2.64. The molecule has 1 unspecified atom stereocenters. The second-order valence-electron chi connectivity index (χ2n) is 8.91. The van der Waals surface area contributed by atoms with Gasteiger partial charge in [-0.2, -0.15) is 0 Å². The van der Waals surface area contributed by atoms with Crippen molar-refractivity contribution in [2.75, 3.05) is 0 Å². The summed E-state index contributed by atoms with van der Waals surface area (Å²) in [7, 11) is 0. The third-order valence-corrected chi connectivity index (χ3v) is 6.92. The van der Waals surface area contributed by atoms with Crippen molar-refractivity contribution >= 4 is 17.2 Å². The fraction of sp³-hybridized carbons (Fsp3) is 0.290. The van der Waals surface area contributed by atoms with Crippen LogP contribution >= 0.6 is 11.6 Å². The van der Waals surface area contributed by atoms with E-state index in [-0.39, 0.29) is 10.8 Å². The number of hydrogen-bond donors (Lipinski definition) is 0. The summed E-state index contributed by atoms with van der Waals surface area (Å²) in [6, 6.07) is 20.8. The van der Waals surface area contributed by atoms with Crippen LogP contribution in [0.25, 0.3) is 27.8 Å². The van der Waals surface area contributed by atoms with Crippen LogP contribution in [0.2, 0.25) is 5.02 Å². The van der Waals surface area contributed by atoms with Crippen LogP contribution in [0.15, 0.2) is 78.9 Å². The average Bonchev–Trinajstić information content (AvgIpc) is 2.86. The van der Waals surface area contributed by atoms with Crippen LogP contribution in [0.4, 0.5) is 4.39 Å². The lowest BCUT2D eigenvalue weighted by Gasteiger charge is -2.20. The predicted octanol–water partition coefficient (Wildman–Crippen LogP) is 9.92. The summed E-state index contributed by atoms with van der Waals surface area (Å²) in [6.07, 6.45) is 12.9. The van der Waals surface area contributed by atoms with Gasteiger partial charge in [-0.1, -0.05) is 111 Å². The van der Waals surface area contributed by atoms with Crippen LogP contribution in [0.1, 0.15) is 57.1 Å². The smallest absolute Gasteiger partial charge is 0.149 e. The van der Waals surface area contributed by atoms with Crippen LogP contribution < -0.4 is 0 Å². The van der Waals surface area contributed by atoms with Gasteiger partial charge >= 0.3 is 0 Å². The first kappa shape index (κ1) is 23.5. The van der Waals surface area contributed by atoms with Crippen molar-refractivity contribution in [1.29, 1.82) is 0 Å². The summed E-state index contributed by atoms with van der Waals surface area (Å²) < 4.78 is 15.3. The summed E-state index contributed by atoms with van der Waals surface area (Å²) in [6.45, 7) is 4.35. The van der Waals surface area contributed by atoms with Gasteiger partial charge in [-0.05, 0) is 65.8 Å². The van der Waals surface area contributed by atoms with Gasteiger partial charge in [0.2, 0.25) is 0 Å². The number of hydrogen-bond acceptors (Lipinski definition) is 0. The molecule has 0 nitrogen and oxygen atoms in total. The average molecular weight is 459 g/mol. The minimum absolute atomic E-state index is 0.207. The normalized spacial score (nSPS) is 16.2. The molecule has 1 aliphatic carbocycles. The summed E-state index contributed by atoms with van der Waals surface area (Å²) >= 11 is 6.54. The fourth-order valence-corrected chi connectivity index (χ4v) is 4.89. The third-order valence-electron chi connectivity index (χ3n) is 6.55. The van der Waals surface area contributed by atoms with Crippen molar-refractivity contribution in [2.45, 2.75) is 52.4 Å². The van der Waals surface area contributed by atoms with Gasteiger partial charge in [-0.25, -0.2) is 4.39 Å². The maximum absolute atomic E-state index is 15.3. The SMILES string of the molecule is CCC=CC1CC=C(c2ccc(-c3ccc(-c4ccc(CCC)cc4)cc3)c(Cl)c2F)CC1. The quantitative estimate of drug-likeness (QED) is 0.309. The van der Waals surface area contributed by atoms with E-state index < -0.39 is 0 Å². The molecule has 0 N–H and O–H groups in total. The largest absolute Gasteiger partial charge is 0.205 e. The van der Waals surface area contributed by atoms with Crippen molar-refractivity contribution < 1.29 is 4.39 Å². The molecule has 33 heavy (non-hydrogen) atoms. The lowest BCUT2D eigenvalue weighted by Crippen LogP contribution is -2.04. The first-order chi connectivity index (χ1) is 16.1. The van der Waals surface area contributed by atoms with E-state index in [1.807, 2.05) is 24.3 Å². The Morgan fingerprint density at radius 1 is 0.879 bits per heavy atom. The zero-order valence-corrected chi connectivity index (χ0v) is 20.3. The van der Waals surface area contributed by atoms with E-state index in [4.69, 9.17) is 11.6 Å². The van der Waals surface area contributed by atoms with E-state index in [0.717, 1.165) is 60.8 Å². The number of allylic oxidation sites excluding steroid dienone is 4. The van der Waals surface area contributed by atoms with Crippen LogP contribution in [0, 0.1) is 11.7 Å². The van der Waals surface area contributed by atoms with Gasteiger partial charge < -0.3 is 0 Å². The zero-order valence-electron chi connectivity index (χ0n) is 19.6. The van der Waals surface area contributed by atoms with Crippen LogP contribution in [0.5, 0.6) is 0 Å². The molecule has 0 heterocycles.